The molecular formula is C24H23FN2O5. The number of methoxy groups -OCH3 is 2. The normalized spacial score (nSPS) is 10.2. The predicted octanol–water partition coefficient (Wildman–Crippen LogP) is 4.42. The monoisotopic (exact) mass is 438 g/mol. The van der Waals surface area contributed by atoms with E-state index in [0.29, 0.717) is 28.4 Å². The molecule has 0 aliphatic carbocycles. The molecule has 7 nitrogen and oxygen atoms in total. The molecule has 0 atom stereocenters. The molecule has 0 bridgehead atoms. The van der Waals surface area contributed by atoms with Crippen molar-refractivity contribution in [3.63, 3.8) is 0 Å². The lowest BCUT2D eigenvalue weighted by atomic mass is 10.1. The van der Waals surface area contributed by atoms with Crippen LogP contribution in [0.1, 0.15) is 15.9 Å². The van der Waals surface area contributed by atoms with Crippen LogP contribution >= 0.6 is 0 Å². The lowest BCUT2D eigenvalue weighted by Crippen LogP contribution is -2.20. The largest absolute Gasteiger partial charge is 0.497 e. The first-order valence-corrected chi connectivity index (χ1v) is 9.72. The maximum Gasteiger partial charge on any atom is 0.262 e. The summed E-state index contributed by atoms with van der Waals surface area (Å²) in [5, 5.41) is 5.39. The van der Waals surface area contributed by atoms with Gasteiger partial charge in [-0.1, -0.05) is 6.07 Å². The smallest absolute Gasteiger partial charge is 0.262 e. The Kier molecular flexibility index (Phi) is 7.28. The molecule has 0 aromatic heterocycles. The first-order chi connectivity index (χ1) is 15.4. The van der Waals surface area contributed by atoms with Crippen LogP contribution in [0.15, 0.2) is 60.7 Å². The Hall–Kier alpha value is -4.07. The van der Waals surface area contributed by atoms with Gasteiger partial charge in [0.2, 0.25) is 0 Å². The molecule has 2 N–H and O–H groups in total. The Labute approximate surface area is 185 Å². The van der Waals surface area contributed by atoms with Crippen molar-refractivity contribution in [2.75, 3.05) is 31.5 Å². The van der Waals surface area contributed by atoms with Gasteiger partial charge in [0, 0.05) is 16.9 Å². The molecule has 0 radical (unpaired) electrons. The topological polar surface area (TPSA) is 85.9 Å². The number of rotatable bonds is 8. The summed E-state index contributed by atoms with van der Waals surface area (Å²) in [6.45, 7) is 1.51. The van der Waals surface area contributed by atoms with Crippen LogP contribution in [0.3, 0.4) is 0 Å². The average molecular weight is 438 g/mol. The van der Waals surface area contributed by atoms with Crippen LogP contribution in [0, 0.1) is 12.7 Å². The number of amides is 2. The summed E-state index contributed by atoms with van der Waals surface area (Å²) >= 11 is 0. The summed E-state index contributed by atoms with van der Waals surface area (Å²) < 4.78 is 29.4. The van der Waals surface area contributed by atoms with Gasteiger partial charge in [-0.25, -0.2) is 4.39 Å². The SMILES string of the molecule is COc1ccc(NC(=O)COc2ccc(C(=O)Nc3cc(F)ccc3C)cc2OC)cc1. The van der Waals surface area contributed by atoms with Crippen LogP contribution in [0.25, 0.3) is 0 Å². The van der Waals surface area contributed by atoms with Crippen molar-refractivity contribution >= 4 is 23.2 Å². The average Bonchev–Trinajstić information content (AvgIpc) is 2.80. The van der Waals surface area contributed by atoms with Crippen LogP contribution in [-0.2, 0) is 4.79 Å². The first kappa shape index (κ1) is 22.6. The van der Waals surface area contributed by atoms with Crippen molar-refractivity contribution in [1.29, 1.82) is 0 Å². The Balaban J connectivity index is 1.63. The van der Waals surface area contributed by atoms with E-state index in [9.17, 15) is 14.0 Å². The van der Waals surface area contributed by atoms with Gasteiger partial charge in [-0.15, -0.1) is 0 Å². The molecule has 0 fully saturated rings. The van der Waals surface area contributed by atoms with Gasteiger partial charge in [0.15, 0.2) is 18.1 Å². The second-order valence-corrected chi connectivity index (χ2v) is 6.84. The van der Waals surface area contributed by atoms with Crippen LogP contribution in [0.4, 0.5) is 15.8 Å². The van der Waals surface area contributed by atoms with E-state index in [1.165, 1.54) is 37.4 Å². The third kappa shape index (κ3) is 5.75. The molecule has 3 aromatic rings. The fourth-order valence-electron chi connectivity index (χ4n) is 2.87. The van der Waals surface area contributed by atoms with E-state index in [0.717, 1.165) is 5.56 Å². The third-order valence-corrected chi connectivity index (χ3v) is 4.61. The summed E-state index contributed by atoms with van der Waals surface area (Å²) in [5.41, 5.74) is 2.01. The fraction of sp³-hybridized carbons (Fsp3) is 0.167. The number of halogens is 1. The number of carbonyl (C=O) groups is 2. The molecule has 166 valence electrons. The summed E-state index contributed by atoms with van der Waals surface area (Å²) in [5.74, 6) is 0.0314. The van der Waals surface area contributed by atoms with Crippen LogP contribution in [0.2, 0.25) is 0 Å². The van der Waals surface area contributed by atoms with E-state index in [1.807, 2.05) is 0 Å². The summed E-state index contributed by atoms with van der Waals surface area (Å²) in [7, 11) is 2.99. The lowest BCUT2D eigenvalue weighted by molar-refractivity contribution is -0.118. The van der Waals surface area contributed by atoms with E-state index >= 15 is 0 Å². The van der Waals surface area contributed by atoms with Crippen molar-refractivity contribution < 1.29 is 28.2 Å². The van der Waals surface area contributed by atoms with Crippen LogP contribution in [0.5, 0.6) is 17.2 Å². The molecule has 0 saturated heterocycles. The quantitative estimate of drug-likeness (QED) is 0.544. The summed E-state index contributed by atoms with van der Waals surface area (Å²) in [6, 6.07) is 15.6. The zero-order chi connectivity index (χ0) is 23.1. The van der Waals surface area contributed by atoms with Crippen molar-refractivity contribution in [3.8, 4) is 17.2 Å². The number of benzene rings is 3. The number of hydrogen-bond donors (Lipinski definition) is 2. The van der Waals surface area contributed by atoms with E-state index in [2.05, 4.69) is 10.6 Å². The maximum absolute atomic E-state index is 13.5. The second-order valence-electron chi connectivity index (χ2n) is 6.84. The minimum atomic E-state index is -0.444. The summed E-state index contributed by atoms with van der Waals surface area (Å²) in [6.07, 6.45) is 0. The highest BCUT2D eigenvalue weighted by molar-refractivity contribution is 6.05. The number of nitrogens with one attached hydrogen (secondary N) is 2. The van der Waals surface area contributed by atoms with Gasteiger partial charge in [-0.2, -0.15) is 0 Å². The number of aryl methyl sites for hydroxylation is 1. The Morgan fingerprint density at radius 2 is 1.62 bits per heavy atom. The van der Waals surface area contributed by atoms with Crippen LogP contribution in [-0.4, -0.2) is 32.6 Å². The van der Waals surface area contributed by atoms with Gasteiger partial charge in [0.05, 0.1) is 14.2 Å². The number of anilines is 2. The molecule has 3 aromatic carbocycles. The second kappa shape index (κ2) is 10.3. The Morgan fingerprint density at radius 1 is 0.875 bits per heavy atom. The number of ether oxygens (including phenoxy) is 3. The molecule has 2 amide bonds. The molecule has 0 heterocycles. The molecule has 0 aliphatic rings. The zero-order valence-corrected chi connectivity index (χ0v) is 17.9. The van der Waals surface area contributed by atoms with Gasteiger partial charge in [0.25, 0.3) is 11.8 Å². The minimum absolute atomic E-state index is 0.254. The van der Waals surface area contributed by atoms with Gasteiger partial charge in [-0.3, -0.25) is 9.59 Å². The third-order valence-electron chi connectivity index (χ3n) is 4.61. The van der Waals surface area contributed by atoms with E-state index in [-0.39, 0.29) is 18.3 Å². The van der Waals surface area contributed by atoms with E-state index < -0.39 is 11.7 Å². The molecule has 0 aliphatic heterocycles. The van der Waals surface area contributed by atoms with E-state index in [4.69, 9.17) is 14.2 Å². The minimum Gasteiger partial charge on any atom is -0.497 e. The van der Waals surface area contributed by atoms with Gasteiger partial charge < -0.3 is 24.8 Å². The van der Waals surface area contributed by atoms with Crippen molar-refractivity contribution in [1.82, 2.24) is 0 Å². The Bertz CT molecular complexity index is 1120. The Morgan fingerprint density at radius 3 is 2.31 bits per heavy atom. The molecule has 0 spiro atoms. The van der Waals surface area contributed by atoms with Gasteiger partial charge in [-0.05, 0) is 67.1 Å². The number of hydrogen-bond acceptors (Lipinski definition) is 5. The van der Waals surface area contributed by atoms with Crippen molar-refractivity contribution in [2.45, 2.75) is 6.92 Å². The van der Waals surface area contributed by atoms with Gasteiger partial charge in [0.1, 0.15) is 11.6 Å². The van der Waals surface area contributed by atoms with Crippen molar-refractivity contribution in [2.24, 2.45) is 0 Å². The van der Waals surface area contributed by atoms with Gasteiger partial charge >= 0.3 is 0 Å². The molecule has 32 heavy (non-hydrogen) atoms. The lowest BCUT2D eigenvalue weighted by Gasteiger charge is -2.13. The standard InChI is InChI=1S/C24H23FN2O5/c1-15-4-6-17(25)13-20(15)27-24(29)16-5-11-21(22(12-16)31-3)32-14-23(28)26-18-7-9-19(30-2)10-8-18/h4-13H,14H2,1-3H3,(H,26,28)(H,27,29). The molecule has 0 saturated carbocycles. The molecule has 3 rings (SSSR count). The zero-order valence-electron chi connectivity index (χ0n) is 17.9. The highest BCUT2D eigenvalue weighted by atomic mass is 19.1. The predicted molar refractivity (Wildman–Crippen MR) is 119 cm³/mol. The molecular weight excluding hydrogens is 415 g/mol. The fourth-order valence-corrected chi connectivity index (χ4v) is 2.87. The molecule has 8 heteroatoms. The number of carbonyl (C=O) groups excluding carboxylic acids is 2. The van der Waals surface area contributed by atoms with E-state index in [1.54, 1.807) is 44.4 Å². The highest BCUT2D eigenvalue weighted by Crippen LogP contribution is 2.29. The first-order valence-electron chi connectivity index (χ1n) is 9.72. The van der Waals surface area contributed by atoms with Crippen molar-refractivity contribution in [3.05, 3.63) is 77.6 Å². The summed E-state index contributed by atoms with van der Waals surface area (Å²) in [4.78, 5) is 24.7. The highest BCUT2D eigenvalue weighted by Gasteiger charge is 2.14. The maximum atomic E-state index is 13.5. The van der Waals surface area contributed by atoms with Crippen LogP contribution < -0.4 is 24.8 Å². The molecule has 0 unspecified atom stereocenters.